The Balaban J connectivity index is 1.77. The number of alkyl halides is 6. The van der Waals surface area contributed by atoms with Gasteiger partial charge in [0.1, 0.15) is 5.69 Å². The van der Waals surface area contributed by atoms with Gasteiger partial charge in [-0.2, -0.15) is 26.3 Å². The number of rotatable bonds is 7. The monoisotopic (exact) mass is 594 g/mol. The minimum absolute atomic E-state index is 0.0188. The second-order valence-electron chi connectivity index (χ2n) is 9.67. The van der Waals surface area contributed by atoms with Crippen molar-refractivity contribution in [2.75, 3.05) is 13.6 Å². The number of benzene rings is 2. The summed E-state index contributed by atoms with van der Waals surface area (Å²) in [7, 11) is -2.34. The van der Waals surface area contributed by atoms with E-state index in [4.69, 9.17) is 0 Å². The lowest BCUT2D eigenvalue weighted by Crippen LogP contribution is -2.30. The van der Waals surface area contributed by atoms with Gasteiger partial charge in [0.25, 0.3) is 0 Å². The first-order chi connectivity index (χ1) is 19.1. The predicted octanol–water partition coefficient (Wildman–Crippen LogP) is 7.19. The van der Waals surface area contributed by atoms with Crippen molar-refractivity contribution in [1.82, 2.24) is 19.3 Å². The highest BCUT2D eigenvalue weighted by Gasteiger charge is 2.34. The fourth-order valence-electron chi connectivity index (χ4n) is 4.04. The van der Waals surface area contributed by atoms with E-state index in [0.29, 0.717) is 18.2 Å². The lowest BCUT2D eigenvalue weighted by Gasteiger charge is -2.19. The zero-order chi connectivity index (χ0) is 30.2. The van der Waals surface area contributed by atoms with Crippen molar-refractivity contribution < 1.29 is 34.8 Å². The van der Waals surface area contributed by atoms with Crippen LogP contribution < -0.4 is 0 Å². The van der Waals surface area contributed by atoms with E-state index in [1.807, 2.05) is 13.8 Å². The van der Waals surface area contributed by atoms with Crippen molar-refractivity contribution >= 4 is 10.0 Å². The molecule has 0 saturated carbocycles. The van der Waals surface area contributed by atoms with Crippen molar-refractivity contribution in [3.05, 3.63) is 84.2 Å². The molecule has 2 aromatic heterocycles. The third kappa shape index (κ3) is 6.91. The van der Waals surface area contributed by atoms with Crippen molar-refractivity contribution in [3.8, 4) is 33.9 Å². The van der Waals surface area contributed by atoms with Gasteiger partial charge in [0.15, 0.2) is 5.82 Å². The first kappa shape index (κ1) is 30.1. The van der Waals surface area contributed by atoms with Crippen LogP contribution in [0, 0.1) is 5.92 Å². The maximum atomic E-state index is 13.7. The maximum absolute atomic E-state index is 13.7. The predicted molar refractivity (Wildman–Crippen MR) is 141 cm³/mol. The molecule has 0 radical (unpaired) electrons. The Labute approximate surface area is 232 Å². The summed E-state index contributed by atoms with van der Waals surface area (Å²) in [5, 5.41) is 0. The Morgan fingerprint density at radius 1 is 0.780 bits per heavy atom. The lowest BCUT2D eigenvalue weighted by molar-refractivity contribution is -0.141. The second-order valence-corrected chi connectivity index (χ2v) is 11.7. The van der Waals surface area contributed by atoms with Gasteiger partial charge in [0, 0.05) is 36.5 Å². The smallest absolute Gasteiger partial charge is 0.256 e. The molecule has 0 aliphatic carbocycles. The summed E-state index contributed by atoms with van der Waals surface area (Å²) < 4.78 is 107. The van der Waals surface area contributed by atoms with Crippen molar-refractivity contribution in [1.29, 1.82) is 0 Å². The molecular formula is C28H24F6N4O2S. The molecule has 4 aromatic rings. The molecule has 216 valence electrons. The third-order valence-electron chi connectivity index (χ3n) is 6.00. The van der Waals surface area contributed by atoms with Crippen LogP contribution in [0.4, 0.5) is 26.3 Å². The van der Waals surface area contributed by atoms with Crippen LogP contribution >= 0.6 is 0 Å². The number of hydrogen-bond donors (Lipinski definition) is 0. The number of nitrogens with zero attached hydrogens (tertiary/aromatic N) is 4. The fourth-order valence-corrected chi connectivity index (χ4v) is 5.42. The van der Waals surface area contributed by atoms with Gasteiger partial charge in [-0.15, -0.1) is 0 Å². The summed E-state index contributed by atoms with van der Waals surface area (Å²) in [4.78, 5) is 12.1. The Kier molecular flexibility index (Phi) is 8.23. The summed E-state index contributed by atoms with van der Waals surface area (Å²) in [6, 6.07) is 13.0. The molecule has 2 aromatic carbocycles. The zero-order valence-corrected chi connectivity index (χ0v) is 22.8. The van der Waals surface area contributed by atoms with Crippen LogP contribution in [0.1, 0.15) is 25.1 Å². The molecule has 0 fully saturated rings. The maximum Gasteiger partial charge on any atom is 0.433 e. The molecule has 0 bridgehead atoms. The van der Waals surface area contributed by atoms with Crippen LogP contribution in [0.2, 0.25) is 0 Å². The molecule has 0 aliphatic heterocycles. The number of pyridine rings is 1. The molecule has 2 heterocycles. The highest BCUT2D eigenvalue weighted by atomic mass is 32.2. The molecule has 0 spiro atoms. The lowest BCUT2D eigenvalue weighted by atomic mass is 10.1. The van der Waals surface area contributed by atoms with Gasteiger partial charge >= 0.3 is 12.4 Å². The van der Waals surface area contributed by atoms with E-state index in [-0.39, 0.29) is 39.2 Å². The number of halogens is 6. The minimum atomic E-state index is -4.86. The summed E-state index contributed by atoms with van der Waals surface area (Å²) >= 11 is 0. The molecule has 41 heavy (non-hydrogen) atoms. The zero-order valence-electron chi connectivity index (χ0n) is 22.0. The van der Waals surface area contributed by atoms with Crippen molar-refractivity contribution in [3.63, 3.8) is 0 Å². The normalized spacial score (nSPS) is 12.8. The molecule has 0 saturated heterocycles. The molecule has 13 heteroatoms. The summed E-state index contributed by atoms with van der Waals surface area (Å²) in [5.74, 6) is -0.241. The first-order valence-corrected chi connectivity index (χ1v) is 13.7. The van der Waals surface area contributed by atoms with Crippen LogP contribution in [0.25, 0.3) is 33.9 Å². The molecule has 0 N–H and O–H groups in total. The Bertz CT molecular complexity index is 1650. The quantitative estimate of drug-likeness (QED) is 0.212. The van der Waals surface area contributed by atoms with Crippen LogP contribution in [-0.4, -0.2) is 41.3 Å². The van der Waals surface area contributed by atoms with Crippen LogP contribution in [-0.2, 0) is 22.4 Å². The molecule has 6 nitrogen and oxygen atoms in total. The SMILES string of the molecule is CC(C)CN(C)S(=O)(=O)c1cccc(-c2cc(-c3nc(-c4ccc(C(F)(F)F)cc4)cc(C(F)(F)F)n3)ccn2)c1. The standard InChI is InChI=1S/C28H24F6N4O2S/c1-17(2)16-38(3)41(39,40)22-6-4-5-19(13-22)23-14-20(11-12-35-23)26-36-24(15-25(37-26)28(32,33)34)18-7-9-21(10-8-18)27(29,30)31/h4-15,17H,16H2,1-3H3. The summed E-state index contributed by atoms with van der Waals surface area (Å²) in [5.41, 5.74) is -1.65. The number of aromatic nitrogens is 3. The summed E-state index contributed by atoms with van der Waals surface area (Å²) in [6.07, 6.45) is -8.16. The van der Waals surface area contributed by atoms with E-state index < -0.39 is 33.6 Å². The van der Waals surface area contributed by atoms with Gasteiger partial charge in [0.2, 0.25) is 10.0 Å². The molecule has 0 atom stereocenters. The van der Waals surface area contributed by atoms with Gasteiger partial charge in [-0.1, -0.05) is 38.1 Å². The Hall–Kier alpha value is -3.84. The van der Waals surface area contributed by atoms with E-state index in [9.17, 15) is 34.8 Å². The summed E-state index contributed by atoms with van der Waals surface area (Å²) in [6.45, 7) is 4.07. The van der Waals surface area contributed by atoms with E-state index in [1.54, 1.807) is 6.07 Å². The van der Waals surface area contributed by atoms with Gasteiger partial charge in [-0.3, -0.25) is 4.98 Å². The van der Waals surface area contributed by atoms with E-state index in [0.717, 1.165) is 24.3 Å². The van der Waals surface area contributed by atoms with Crippen LogP contribution in [0.15, 0.2) is 77.8 Å². The second kappa shape index (κ2) is 11.2. The molecular weight excluding hydrogens is 570 g/mol. The molecule has 0 aliphatic rings. The van der Waals surface area contributed by atoms with Gasteiger partial charge in [-0.25, -0.2) is 22.7 Å². The van der Waals surface area contributed by atoms with E-state index in [2.05, 4.69) is 15.0 Å². The van der Waals surface area contributed by atoms with Crippen molar-refractivity contribution in [2.45, 2.75) is 31.1 Å². The minimum Gasteiger partial charge on any atom is -0.256 e. The Morgan fingerprint density at radius 3 is 2.07 bits per heavy atom. The first-order valence-electron chi connectivity index (χ1n) is 12.2. The topological polar surface area (TPSA) is 76.1 Å². The van der Waals surface area contributed by atoms with Crippen LogP contribution in [0.3, 0.4) is 0 Å². The third-order valence-corrected chi connectivity index (χ3v) is 7.82. The fraction of sp³-hybridized carbons (Fsp3) is 0.250. The van der Waals surface area contributed by atoms with Gasteiger partial charge in [0.05, 0.1) is 21.8 Å². The number of sulfonamides is 1. The van der Waals surface area contributed by atoms with Gasteiger partial charge < -0.3 is 0 Å². The Morgan fingerprint density at radius 2 is 1.46 bits per heavy atom. The van der Waals surface area contributed by atoms with E-state index >= 15 is 0 Å². The average Bonchev–Trinajstić information content (AvgIpc) is 2.91. The van der Waals surface area contributed by atoms with Crippen molar-refractivity contribution in [2.24, 2.45) is 5.92 Å². The largest absolute Gasteiger partial charge is 0.433 e. The van der Waals surface area contributed by atoms with Crippen LogP contribution in [0.5, 0.6) is 0 Å². The highest BCUT2D eigenvalue weighted by molar-refractivity contribution is 7.89. The van der Waals surface area contributed by atoms with E-state index in [1.165, 1.54) is 47.9 Å². The number of hydrogen-bond acceptors (Lipinski definition) is 5. The average molecular weight is 595 g/mol. The molecule has 4 rings (SSSR count). The molecule has 0 unspecified atom stereocenters. The highest BCUT2D eigenvalue weighted by Crippen LogP contribution is 2.35. The van der Waals surface area contributed by atoms with Gasteiger partial charge in [-0.05, 0) is 48.4 Å². The molecule has 0 amide bonds.